The maximum absolute atomic E-state index is 11.5. The minimum atomic E-state index is -3.25. The summed E-state index contributed by atoms with van der Waals surface area (Å²) in [5.74, 6) is -3.83. The molecule has 11 heteroatoms. The maximum Gasteiger partial charge on any atom is 0.307 e. The topological polar surface area (TPSA) is 167 Å². The number of carbonyl (C=O) groups is 2. The van der Waals surface area contributed by atoms with Gasteiger partial charge in [0.15, 0.2) is 8.03 Å². The van der Waals surface area contributed by atoms with Gasteiger partial charge in [0.2, 0.25) is 0 Å². The van der Waals surface area contributed by atoms with Gasteiger partial charge in [0.05, 0.1) is 16.5 Å². The molecule has 0 aliphatic heterocycles. The van der Waals surface area contributed by atoms with Crippen LogP contribution in [-0.2, 0) is 14.2 Å². The van der Waals surface area contributed by atoms with Crippen LogP contribution in [0.5, 0.6) is 0 Å². The van der Waals surface area contributed by atoms with Crippen LogP contribution in [-0.4, -0.2) is 44.2 Å². The fourth-order valence-corrected chi connectivity index (χ4v) is 3.04. The van der Waals surface area contributed by atoms with Gasteiger partial charge in [-0.1, -0.05) is 0 Å². The Hall–Kier alpha value is -2.45. The minimum absolute atomic E-state index is 0.127. The Balaban J connectivity index is 2.80. The van der Waals surface area contributed by atoms with Crippen LogP contribution < -0.4 is 5.32 Å². The monoisotopic (exact) mass is 360 g/mol. The van der Waals surface area contributed by atoms with Gasteiger partial charge in [-0.25, -0.2) is 0 Å². The van der Waals surface area contributed by atoms with E-state index in [1.807, 2.05) is 0 Å². The molecule has 4 N–H and O–H groups in total. The number of aliphatic carboxylic acids is 2. The van der Waals surface area contributed by atoms with E-state index < -0.39 is 42.9 Å². The molecule has 0 bridgehead atoms. The summed E-state index contributed by atoms with van der Waals surface area (Å²) in [7, 11) is -3.25. The molecule has 10 nitrogen and oxygen atoms in total. The van der Waals surface area contributed by atoms with Crippen LogP contribution in [0.1, 0.15) is 12.8 Å². The molecule has 132 valence electrons. The number of nitro groups is 1. The molecule has 0 amide bonds. The highest BCUT2D eigenvalue weighted by atomic mass is 31.1. The Kier molecular flexibility index (Phi) is 7.34. The lowest BCUT2D eigenvalue weighted by Crippen LogP contribution is -2.32. The summed E-state index contributed by atoms with van der Waals surface area (Å²) < 4.78 is 11.5. The van der Waals surface area contributed by atoms with E-state index >= 15 is 0 Å². The number of benzene rings is 1. The number of non-ortho nitro benzene ring substituents is 1. The summed E-state index contributed by atoms with van der Waals surface area (Å²) in [5.41, 5.74) is -0.879. The van der Waals surface area contributed by atoms with E-state index in [2.05, 4.69) is 5.32 Å². The number of carboxylic acids is 2. The van der Waals surface area contributed by atoms with Crippen LogP contribution in [0.2, 0.25) is 0 Å². The molecule has 0 spiro atoms. The molecule has 0 heterocycles. The van der Waals surface area contributed by atoms with Gasteiger partial charge >= 0.3 is 11.9 Å². The molecule has 0 saturated carbocycles. The molecular weight excluding hydrogens is 343 g/mol. The van der Waals surface area contributed by atoms with Crippen LogP contribution in [0.15, 0.2) is 24.3 Å². The minimum Gasteiger partial charge on any atom is -0.481 e. The summed E-state index contributed by atoms with van der Waals surface area (Å²) in [4.78, 5) is 41.2. The van der Waals surface area contributed by atoms with Crippen molar-refractivity contribution in [3.8, 4) is 0 Å². The molecule has 1 aromatic carbocycles. The molecule has 0 saturated heterocycles. The zero-order chi connectivity index (χ0) is 18.3. The second kappa shape index (κ2) is 8.99. The average Bonchev–Trinajstić information content (AvgIpc) is 2.49. The maximum atomic E-state index is 11.5. The van der Waals surface area contributed by atoms with Gasteiger partial charge in [0, 0.05) is 30.8 Å². The Bertz CT molecular complexity index is 633. The number of nitrogens with one attached hydrogen (secondary N) is 1. The van der Waals surface area contributed by atoms with Gasteiger partial charge in [-0.05, 0) is 18.6 Å². The molecule has 0 radical (unpaired) electrons. The smallest absolute Gasteiger partial charge is 0.307 e. The zero-order valence-electron chi connectivity index (χ0n) is 12.4. The summed E-state index contributed by atoms with van der Waals surface area (Å²) in [5, 5.41) is 31.1. The third kappa shape index (κ3) is 5.98. The largest absolute Gasteiger partial charge is 0.481 e. The molecule has 3 atom stereocenters. The average molecular weight is 360 g/mol. The Labute approximate surface area is 137 Å². The SMILES string of the molecule is O=C(O)CCC(C(=O)O)C(CNc1ccc([N+](=O)[O-])cc1)[PH](=O)O. The predicted octanol–water partition coefficient (Wildman–Crippen LogP) is 1.41. The van der Waals surface area contributed by atoms with Crippen molar-refractivity contribution in [1.82, 2.24) is 0 Å². The molecule has 0 aliphatic carbocycles. The van der Waals surface area contributed by atoms with Crippen molar-refractivity contribution < 1.29 is 34.2 Å². The van der Waals surface area contributed by atoms with E-state index in [0.29, 0.717) is 5.69 Å². The van der Waals surface area contributed by atoms with Crippen molar-refractivity contribution >= 4 is 31.3 Å². The van der Waals surface area contributed by atoms with Gasteiger partial charge < -0.3 is 20.4 Å². The standard InChI is InChI=1S/C13H17N2O8P/c16-12(17)6-5-10(13(18)19)11(24(22)23)7-14-8-1-3-9(4-2-8)15(20)21/h1-4,10-11,14,24H,5-7H2,(H,16,17)(H,18,19)(H,22,23). The first-order valence-electron chi connectivity index (χ1n) is 6.88. The number of anilines is 1. The van der Waals surface area contributed by atoms with Gasteiger partial charge in [-0.3, -0.25) is 24.3 Å². The predicted molar refractivity (Wildman–Crippen MR) is 84.6 cm³/mol. The summed E-state index contributed by atoms with van der Waals surface area (Å²) in [6, 6.07) is 5.24. The van der Waals surface area contributed by atoms with Crippen molar-refractivity contribution in [2.24, 2.45) is 5.92 Å². The van der Waals surface area contributed by atoms with Crippen LogP contribution >= 0.6 is 8.03 Å². The summed E-state index contributed by atoms with van der Waals surface area (Å²) >= 11 is 0. The van der Waals surface area contributed by atoms with Crippen molar-refractivity contribution in [3.05, 3.63) is 34.4 Å². The quantitative estimate of drug-likeness (QED) is 0.274. The third-order valence-electron chi connectivity index (χ3n) is 3.39. The van der Waals surface area contributed by atoms with E-state index in [9.17, 15) is 34.3 Å². The van der Waals surface area contributed by atoms with E-state index in [1.54, 1.807) is 0 Å². The Morgan fingerprint density at radius 1 is 1.25 bits per heavy atom. The van der Waals surface area contributed by atoms with Gasteiger partial charge in [0.1, 0.15) is 0 Å². The number of nitro benzene ring substituents is 1. The first-order valence-corrected chi connectivity index (χ1v) is 8.31. The number of hydrogen-bond acceptors (Lipinski definition) is 6. The molecule has 1 aromatic rings. The number of nitrogens with zero attached hydrogens (tertiary/aromatic N) is 1. The Morgan fingerprint density at radius 2 is 1.83 bits per heavy atom. The second-order valence-corrected chi connectivity index (χ2v) is 6.42. The molecule has 3 unspecified atom stereocenters. The fourth-order valence-electron chi connectivity index (χ4n) is 2.11. The second-order valence-electron chi connectivity index (χ2n) is 5.01. The molecular formula is C13H17N2O8P. The molecule has 24 heavy (non-hydrogen) atoms. The summed E-state index contributed by atoms with van der Waals surface area (Å²) in [6.07, 6.45) is -0.700. The lowest BCUT2D eigenvalue weighted by atomic mass is 9.99. The van der Waals surface area contributed by atoms with Crippen molar-refractivity contribution in [3.63, 3.8) is 0 Å². The highest BCUT2D eigenvalue weighted by Gasteiger charge is 2.32. The number of hydrogen-bond donors (Lipinski definition) is 4. The fraction of sp³-hybridized carbons (Fsp3) is 0.385. The molecule has 0 aliphatic rings. The first-order chi connectivity index (χ1) is 11.2. The number of rotatable bonds is 10. The number of carboxylic acid groups (broad SMARTS) is 2. The van der Waals surface area contributed by atoms with Crippen LogP contribution in [0.25, 0.3) is 0 Å². The van der Waals surface area contributed by atoms with Crippen LogP contribution in [0.4, 0.5) is 11.4 Å². The van der Waals surface area contributed by atoms with Gasteiger partial charge in [-0.2, -0.15) is 0 Å². The highest BCUT2D eigenvalue weighted by Crippen LogP contribution is 2.32. The van der Waals surface area contributed by atoms with Crippen molar-refractivity contribution in [1.29, 1.82) is 0 Å². The molecule has 0 fully saturated rings. The lowest BCUT2D eigenvalue weighted by molar-refractivity contribution is -0.384. The zero-order valence-corrected chi connectivity index (χ0v) is 13.4. The van der Waals surface area contributed by atoms with Crippen molar-refractivity contribution in [2.45, 2.75) is 18.5 Å². The molecule has 1 rings (SSSR count). The molecule has 0 aromatic heterocycles. The van der Waals surface area contributed by atoms with E-state index in [1.165, 1.54) is 24.3 Å². The van der Waals surface area contributed by atoms with Crippen LogP contribution in [0.3, 0.4) is 0 Å². The van der Waals surface area contributed by atoms with Gasteiger partial charge in [-0.15, -0.1) is 0 Å². The normalized spacial score (nSPS) is 14.4. The first kappa shape index (κ1) is 19.6. The summed E-state index contributed by atoms with van der Waals surface area (Å²) in [6.45, 7) is -0.178. The Morgan fingerprint density at radius 3 is 2.25 bits per heavy atom. The van der Waals surface area contributed by atoms with Crippen LogP contribution in [0, 0.1) is 16.0 Å². The van der Waals surface area contributed by atoms with E-state index in [-0.39, 0.29) is 18.7 Å². The highest BCUT2D eigenvalue weighted by molar-refractivity contribution is 7.39. The lowest BCUT2D eigenvalue weighted by Gasteiger charge is -2.22. The van der Waals surface area contributed by atoms with Crippen molar-refractivity contribution in [2.75, 3.05) is 11.9 Å². The third-order valence-corrected chi connectivity index (χ3v) is 4.63. The van der Waals surface area contributed by atoms with E-state index in [4.69, 9.17) is 5.11 Å². The van der Waals surface area contributed by atoms with E-state index in [0.717, 1.165) is 0 Å². The van der Waals surface area contributed by atoms with Gasteiger partial charge in [0.25, 0.3) is 5.69 Å².